The number of nitrogens with one attached hydrogen (secondary N) is 2. The number of nitrogens with zero attached hydrogens (tertiary/aromatic N) is 2. The number of piperidine rings is 1. The molecule has 3 fully saturated rings. The molecule has 1 saturated carbocycles. The van der Waals surface area contributed by atoms with E-state index in [1.165, 1.54) is 24.8 Å². The van der Waals surface area contributed by atoms with Gasteiger partial charge in [0.2, 0.25) is 11.8 Å². The van der Waals surface area contributed by atoms with Crippen LogP contribution in [0, 0.1) is 29.6 Å². The molecule has 4 atom stereocenters. The van der Waals surface area contributed by atoms with Crippen LogP contribution in [0.3, 0.4) is 0 Å². The fourth-order valence-corrected chi connectivity index (χ4v) is 5.98. The van der Waals surface area contributed by atoms with Crippen molar-refractivity contribution in [2.75, 3.05) is 39.3 Å². The molecule has 0 radical (unpaired) electrons. The van der Waals surface area contributed by atoms with Crippen LogP contribution in [-0.2, 0) is 9.59 Å². The lowest BCUT2D eigenvalue weighted by molar-refractivity contribution is -0.134. The van der Waals surface area contributed by atoms with Crippen molar-refractivity contribution in [2.45, 2.75) is 71.9 Å². The molecule has 0 aromatic heterocycles. The van der Waals surface area contributed by atoms with Gasteiger partial charge in [0, 0.05) is 45.1 Å². The SMILES string of the molecule is CC1=CC(CNC(=O)C2CC2)C(C(C)C)CC1CC(=O)N1CCN(C2CCCCN2)CC1. The first-order valence-corrected chi connectivity index (χ1v) is 13.1. The molecule has 0 aromatic carbocycles. The first kappa shape index (κ1) is 23.7. The van der Waals surface area contributed by atoms with Crippen molar-refractivity contribution in [3.63, 3.8) is 0 Å². The number of amides is 2. The fraction of sp³-hybridized carbons (Fsp3) is 0.846. The van der Waals surface area contributed by atoms with Crippen molar-refractivity contribution >= 4 is 11.8 Å². The second-order valence-electron chi connectivity index (χ2n) is 11.0. The van der Waals surface area contributed by atoms with Gasteiger partial charge in [0.05, 0.1) is 6.17 Å². The zero-order valence-corrected chi connectivity index (χ0v) is 20.4. The highest BCUT2D eigenvalue weighted by molar-refractivity contribution is 5.80. The van der Waals surface area contributed by atoms with Crippen molar-refractivity contribution in [1.82, 2.24) is 20.4 Å². The summed E-state index contributed by atoms with van der Waals surface area (Å²) < 4.78 is 0. The van der Waals surface area contributed by atoms with Crippen LogP contribution in [0.2, 0.25) is 0 Å². The summed E-state index contributed by atoms with van der Waals surface area (Å²) in [5, 5.41) is 6.83. The molecule has 2 aliphatic heterocycles. The molecule has 32 heavy (non-hydrogen) atoms. The summed E-state index contributed by atoms with van der Waals surface area (Å²) in [5.41, 5.74) is 1.34. The second kappa shape index (κ2) is 10.7. The molecule has 180 valence electrons. The largest absolute Gasteiger partial charge is 0.355 e. The van der Waals surface area contributed by atoms with E-state index in [0.717, 1.165) is 58.5 Å². The molecule has 2 amide bonds. The predicted octanol–water partition coefficient (Wildman–Crippen LogP) is 3.00. The van der Waals surface area contributed by atoms with Crippen LogP contribution in [0.1, 0.15) is 65.7 Å². The number of carbonyl (C=O) groups excluding carboxylic acids is 2. The van der Waals surface area contributed by atoms with Gasteiger partial charge in [-0.3, -0.25) is 14.5 Å². The smallest absolute Gasteiger partial charge is 0.223 e. The van der Waals surface area contributed by atoms with E-state index in [2.05, 4.69) is 47.3 Å². The van der Waals surface area contributed by atoms with E-state index in [9.17, 15) is 9.59 Å². The third-order valence-electron chi connectivity index (χ3n) is 8.36. The maximum Gasteiger partial charge on any atom is 0.223 e. The fourth-order valence-electron chi connectivity index (χ4n) is 5.98. The Morgan fingerprint density at radius 3 is 2.50 bits per heavy atom. The number of hydrogen-bond acceptors (Lipinski definition) is 4. The van der Waals surface area contributed by atoms with Gasteiger partial charge < -0.3 is 15.5 Å². The highest BCUT2D eigenvalue weighted by Gasteiger charge is 2.35. The van der Waals surface area contributed by atoms with Crippen LogP contribution in [0.5, 0.6) is 0 Å². The Morgan fingerprint density at radius 2 is 1.88 bits per heavy atom. The molecular weight excluding hydrogens is 400 g/mol. The van der Waals surface area contributed by atoms with Gasteiger partial charge in [0.15, 0.2) is 0 Å². The quantitative estimate of drug-likeness (QED) is 0.593. The first-order chi connectivity index (χ1) is 15.4. The van der Waals surface area contributed by atoms with Gasteiger partial charge in [-0.2, -0.15) is 0 Å². The van der Waals surface area contributed by atoms with Crippen molar-refractivity contribution in [2.24, 2.45) is 29.6 Å². The monoisotopic (exact) mass is 444 g/mol. The van der Waals surface area contributed by atoms with E-state index >= 15 is 0 Å². The number of carbonyl (C=O) groups is 2. The summed E-state index contributed by atoms with van der Waals surface area (Å²) in [4.78, 5) is 29.9. The van der Waals surface area contributed by atoms with Gasteiger partial charge in [-0.05, 0) is 75.7 Å². The van der Waals surface area contributed by atoms with Crippen LogP contribution < -0.4 is 10.6 Å². The minimum absolute atomic E-state index is 0.235. The third kappa shape index (κ3) is 5.93. The molecule has 2 aliphatic carbocycles. The summed E-state index contributed by atoms with van der Waals surface area (Å²) in [6.45, 7) is 12.3. The van der Waals surface area contributed by atoms with E-state index in [-0.39, 0.29) is 11.8 Å². The Morgan fingerprint density at radius 1 is 1.12 bits per heavy atom. The Balaban J connectivity index is 1.28. The predicted molar refractivity (Wildman–Crippen MR) is 128 cm³/mol. The molecule has 0 spiro atoms. The summed E-state index contributed by atoms with van der Waals surface area (Å²) in [7, 11) is 0. The van der Waals surface area contributed by atoms with E-state index in [4.69, 9.17) is 0 Å². The molecular formula is C26H44N4O2. The maximum absolute atomic E-state index is 13.2. The number of piperazine rings is 1. The van der Waals surface area contributed by atoms with Crippen LogP contribution in [0.4, 0.5) is 0 Å². The molecule has 6 nitrogen and oxygen atoms in total. The lowest BCUT2D eigenvalue weighted by Gasteiger charge is -2.42. The summed E-state index contributed by atoms with van der Waals surface area (Å²) >= 11 is 0. The first-order valence-electron chi connectivity index (χ1n) is 13.1. The maximum atomic E-state index is 13.2. The minimum atomic E-state index is 0.235. The van der Waals surface area contributed by atoms with Crippen molar-refractivity contribution in [3.8, 4) is 0 Å². The van der Waals surface area contributed by atoms with Crippen LogP contribution in [0.15, 0.2) is 11.6 Å². The average molecular weight is 445 g/mol. The van der Waals surface area contributed by atoms with Gasteiger partial charge >= 0.3 is 0 Å². The van der Waals surface area contributed by atoms with E-state index in [1.54, 1.807) is 0 Å². The zero-order chi connectivity index (χ0) is 22.7. The number of hydrogen-bond donors (Lipinski definition) is 2. The summed E-state index contributed by atoms with van der Waals surface area (Å²) in [6, 6.07) is 0. The molecule has 0 bridgehead atoms. The highest BCUT2D eigenvalue weighted by Crippen LogP contribution is 2.39. The molecule has 2 saturated heterocycles. The standard InChI is InChI=1S/C26H44N4O2/c1-18(2)23-15-21(19(3)14-22(23)17-28-26(32)20-7-8-20)16-25(31)30-12-10-29(11-13-30)24-6-4-5-9-27-24/h14,18,20-24,27H,4-13,15-17H2,1-3H3,(H,28,32). The van der Waals surface area contributed by atoms with Crippen LogP contribution in [-0.4, -0.2) is 67.0 Å². The second-order valence-corrected chi connectivity index (χ2v) is 11.0. The van der Waals surface area contributed by atoms with E-state index in [1.807, 2.05) is 0 Å². The summed E-state index contributed by atoms with van der Waals surface area (Å²) in [6.07, 6.45) is 10.5. The zero-order valence-electron chi connectivity index (χ0n) is 20.4. The van der Waals surface area contributed by atoms with Gasteiger partial charge in [0.25, 0.3) is 0 Å². The van der Waals surface area contributed by atoms with Gasteiger partial charge in [-0.1, -0.05) is 25.5 Å². The van der Waals surface area contributed by atoms with Crippen molar-refractivity contribution in [1.29, 1.82) is 0 Å². The van der Waals surface area contributed by atoms with Gasteiger partial charge in [0.1, 0.15) is 0 Å². The van der Waals surface area contributed by atoms with Crippen LogP contribution >= 0.6 is 0 Å². The Hall–Kier alpha value is -1.40. The normalized spacial score (nSPS) is 32.0. The lowest BCUT2D eigenvalue weighted by atomic mass is 9.69. The molecule has 4 aliphatic rings. The topological polar surface area (TPSA) is 64.7 Å². The average Bonchev–Trinajstić information content (AvgIpc) is 3.65. The Kier molecular flexibility index (Phi) is 7.93. The molecule has 6 heteroatoms. The highest BCUT2D eigenvalue weighted by atomic mass is 16.2. The van der Waals surface area contributed by atoms with Gasteiger partial charge in [-0.15, -0.1) is 0 Å². The molecule has 4 rings (SSSR count). The Labute approximate surface area is 194 Å². The summed E-state index contributed by atoms with van der Waals surface area (Å²) in [5.74, 6) is 2.61. The molecule has 0 aromatic rings. The van der Waals surface area contributed by atoms with Gasteiger partial charge in [-0.25, -0.2) is 0 Å². The lowest BCUT2D eigenvalue weighted by Crippen LogP contribution is -2.57. The Bertz CT molecular complexity index is 688. The minimum Gasteiger partial charge on any atom is -0.355 e. The molecule has 2 heterocycles. The molecule has 4 unspecified atom stereocenters. The third-order valence-corrected chi connectivity index (χ3v) is 8.36. The number of allylic oxidation sites excluding steroid dienone is 1. The number of rotatable bonds is 7. The molecule has 2 N–H and O–H groups in total. The van der Waals surface area contributed by atoms with Crippen molar-refractivity contribution in [3.05, 3.63) is 11.6 Å². The van der Waals surface area contributed by atoms with E-state index in [0.29, 0.717) is 42.2 Å². The van der Waals surface area contributed by atoms with Crippen LogP contribution in [0.25, 0.3) is 0 Å². The van der Waals surface area contributed by atoms with E-state index < -0.39 is 0 Å². The van der Waals surface area contributed by atoms with Crippen molar-refractivity contribution < 1.29 is 9.59 Å².